The number of rotatable bonds is 2. The molecule has 6 heteroatoms. The van der Waals surface area contributed by atoms with Crippen LogP contribution in [0.15, 0.2) is 24.3 Å². The molecule has 5 nitrogen and oxygen atoms in total. The second-order valence-corrected chi connectivity index (χ2v) is 5.23. The number of nitrogens with zero attached hydrogens (tertiary/aromatic N) is 1. The van der Waals surface area contributed by atoms with Crippen LogP contribution in [0.25, 0.3) is 0 Å². The first-order valence-electron chi connectivity index (χ1n) is 5.80. The van der Waals surface area contributed by atoms with Gasteiger partial charge in [-0.2, -0.15) is 5.26 Å². The lowest BCUT2D eigenvalue weighted by Gasteiger charge is -2.31. The number of hydrogen-bond acceptors (Lipinski definition) is 5. The summed E-state index contributed by atoms with van der Waals surface area (Å²) >= 11 is 0. The predicted molar refractivity (Wildman–Crippen MR) is 73.6 cm³/mol. The summed E-state index contributed by atoms with van der Waals surface area (Å²) in [6.07, 6.45) is 0. The van der Waals surface area contributed by atoms with Crippen molar-refractivity contribution in [2.75, 3.05) is 0 Å². The van der Waals surface area contributed by atoms with E-state index in [-0.39, 0.29) is 0 Å². The van der Waals surface area contributed by atoms with E-state index in [0.717, 1.165) is 0 Å². The SMILES string of the molecule is CC(C)(O)C(C)(C)O.N#Cc1ccc(B(O)O)cc1. The van der Waals surface area contributed by atoms with Crippen LogP contribution < -0.4 is 5.46 Å². The minimum atomic E-state index is -1.46. The summed E-state index contributed by atoms with van der Waals surface area (Å²) in [5.41, 5.74) is -1.11. The van der Waals surface area contributed by atoms with E-state index in [2.05, 4.69) is 0 Å². The van der Waals surface area contributed by atoms with E-state index in [0.29, 0.717) is 11.0 Å². The van der Waals surface area contributed by atoms with Gasteiger partial charge in [-0.05, 0) is 45.3 Å². The highest BCUT2D eigenvalue weighted by Gasteiger charge is 2.31. The molecule has 1 aromatic rings. The Hall–Kier alpha value is -1.39. The molecular formula is C13H20BNO4. The van der Waals surface area contributed by atoms with Crippen molar-refractivity contribution in [2.45, 2.75) is 38.9 Å². The minimum absolute atomic E-state index is 0.393. The molecule has 0 fully saturated rings. The first-order valence-corrected chi connectivity index (χ1v) is 5.80. The van der Waals surface area contributed by atoms with Crippen molar-refractivity contribution in [2.24, 2.45) is 0 Å². The lowest BCUT2D eigenvalue weighted by molar-refractivity contribution is -0.107. The molecule has 0 aliphatic rings. The fraction of sp³-hybridized carbons (Fsp3) is 0.462. The van der Waals surface area contributed by atoms with Gasteiger partial charge in [0.25, 0.3) is 0 Å². The van der Waals surface area contributed by atoms with Crippen LogP contribution >= 0.6 is 0 Å². The van der Waals surface area contributed by atoms with Crippen LogP contribution in [0.2, 0.25) is 0 Å². The Morgan fingerprint density at radius 1 is 0.947 bits per heavy atom. The van der Waals surface area contributed by atoms with Gasteiger partial charge in [-0.3, -0.25) is 0 Å². The summed E-state index contributed by atoms with van der Waals surface area (Å²) in [4.78, 5) is 0. The maximum atomic E-state index is 9.10. The van der Waals surface area contributed by atoms with Crippen molar-refractivity contribution in [3.05, 3.63) is 29.8 Å². The number of benzene rings is 1. The Labute approximate surface area is 113 Å². The molecule has 19 heavy (non-hydrogen) atoms. The molecule has 0 aromatic heterocycles. The summed E-state index contributed by atoms with van der Waals surface area (Å²) in [6.45, 7) is 6.31. The van der Waals surface area contributed by atoms with Crippen LogP contribution in [0.1, 0.15) is 33.3 Å². The number of nitriles is 1. The zero-order valence-electron chi connectivity index (χ0n) is 11.6. The molecule has 104 valence electrons. The first-order chi connectivity index (χ1) is 8.49. The molecule has 0 aliphatic heterocycles. The fourth-order valence-electron chi connectivity index (χ4n) is 0.730. The van der Waals surface area contributed by atoms with E-state index in [1.54, 1.807) is 27.7 Å². The van der Waals surface area contributed by atoms with Gasteiger partial charge in [-0.25, -0.2) is 0 Å². The summed E-state index contributed by atoms with van der Waals surface area (Å²) in [5.74, 6) is 0. The molecule has 4 N–H and O–H groups in total. The van der Waals surface area contributed by atoms with Gasteiger partial charge in [0.15, 0.2) is 0 Å². The second-order valence-electron chi connectivity index (χ2n) is 5.23. The van der Waals surface area contributed by atoms with Gasteiger partial charge < -0.3 is 20.3 Å². The van der Waals surface area contributed by atoms with Crippen molar-refractivity contribution in [3.8, 4) is 6.07 Å². The molecule has 1 rings (SSSR count). The third-order valence-corrected chi connectivity index (χ3v) is 2.84. The standard InChI is InChI=1S/C7H6BNO2.C6H14O2/c9-5-6-1-3-7(4-2-6)8(10)11;1-5(2,7)6(3,4)8/h1-4,10-11H;7-8H,1-4H3. The minimum Gasteiger partial charge on any atom is -0.423 e. The Morgan fingerprint density at radius 3 is 1.53 bits per heavy atom. The molecule has 0 bridgehead atoms. The quantitative estimate of drug-likeness (QED) is 0.553. The van der Waals surface area contributed by atoms with Crippen LogP contribution in [0.3, 0.4) is 0 Å². The Morgan fingerprint density at radius 2 is 1.32 bits per heavy atom. The zero-order valence-corrected chi connectivity index (χ0v) is 11.6. The summed E-state index contributed by atoms with van der Waals surface area (Å²) in [5, 5.41) is 43.9. The van der Waals surface area contributed by atoms with E-state index < -0.39 is 18.3 Å². The molecule has 0 aliphatic carbocycles. The van der Waals surface area contributed by atoms with Crippen molar-refractivity contribution in [3.63, 3.8) is 0 Å². The molecule has 0 saturated carbocycles. The van der Waals surface area contributed by atoms with E-state index in [1.165, 1.54) is 24.3 Å². The summed E-state index contributed by atoms with van der Waals surface area (Å²) < 4.78 is 0. The predicted octanol–water partition coefficient (Wildman–Crippen LogP) is -0.234. The van der Waals surface area contributed by atoms with Crippen LogP contribution in [0.4, 0.5) is 0 Å². The number of aliphatic hydroxyl groups is 2. The molecule has 0 heterocycles. The summed E-state index contributed by atoms with van der Waals surface area (Å²) in [7, 11) is -1.46. The van der Waals surface area contributed by atoms with E-state index in [4.69, 9.17) is 25.5 Å². The van der Waals surface area contributed by atoms with Gasteiger partial charge in [0, 0.05) is 0 Å². The van der Waals surface area contributed by atoms with Crippen molar-refractivity contribution in [1.82, 2.24) is 0 Å². The zero-order chi connectivity index (χ0) is 15.3. The van der Waals surface area contributed by atoms with Crippen molar-refractivity contribution < 1.29 is 20.3 Å². The average molecular weight is 265 g/mol. The fourth-order valence-corrected chi connectivity index (χ4v) is 0.730. The van der Waals surface area contributed by atoms with Gasteiger partial charge in [0.2, 0.25) is 0 Å². The molecule has 0 atom stereocenters. The highest BCUT2D eigenvalue weighted by atomic mass is 16.4. The van der Waals surface area contributed by atoms with Crippen LogP contribution in [0.5, 0.6) is 0 Å². The normalized spacial score (nSPS) is 11.1. The molecular weight excluding hydrogens is 245 g/mol. The Kier molecular flexibility index (Phi) is 6.20. The number of hydrogen-bond donors (Lipinski definition) is 4. The molecule has 0 saturated heterocycles. The van der Waals surface area contributed by atoms with Crippen LogP contribution in [-0.2, 0) is 0 Å². The smallest absolute Gasteiger partial charge is 0.423 e. The molecule has 1 aromatic carbocycles. The Balaban J connectivity index is 0.000000362. The van der Waals surface area contributed by atoms with Crippen molar-refractivity contribution >= 4 is 12.6 Å². The molecule has 0 spiro atoms. The van der Waals surface area contributed by atoms with Crippen LogP contribution in [-0.4, -0.2) is 38.6 Å². The summed E-state index contributed by atoms with van der Waals surface area (Å²) in [6, 6.07) is 8.01. The van der Waals surface area contributed by atoms with E-state index in [1.807, 2.05) is 6.07 Å². The van der Waals surface area contributed by atoms with Gasteiger partial charge >= 0.3 is 7.12 Å². The first kappa shape index (κ1) is 17.6. The van der Waals surface area contributed by atoms with Gasteiger partial charge in [0.05, 0.1) is 22.8 Å². The second kappa shape index (κ2) is 6.69. The lowest BCUT2D eigenvalue weighted by Crippen LogP contribution is -2.44. The maximum absolute atomic E-state index is 9.10. The molecule has 0 radical (unpaired) electrons. The Bertz CT molecular complexity index is 412. The van der Waals surface area contributed by atoms with Gasteiger partial charge in [-0.15, -0.1) is 0 Å². The topological polar surface area (TPSA) is 105 Å². The average Bonchev–Trinajstić information content (AvgIpc) is 2.27. The van der Waals surface area contributed by atoms with Crippen LogP contribution in [0, 0.1) is 11.3 Å². The monoisotopic (exact) mass is 265 g/mol. The van der Waals surface area contributed by atoms with E-state index >= 15 is 0 Å². The molecule has 0 amide bonds. The van der Waals surface area contributed by atoms with E-state index in [9.17, 15) is 0 Å². The third kappa shape index (κ3) is 6.36. The maximum Gasteiger partial charge on any atom is 0.488 e. The van der Waals surface area contributed by atoms with Gasteiger partial charge in [0.1, 0.15) is 0 Å². The largest absolute Gasteiger partial charge is 0.488 e. The van der Waals surface area contributed by atoms with Gasteiger partial charge in [-0.1, -0.05) is 12.1 Å². The highest BCUT2D eigenvalue weighted by Crippen LogP contribution is 2.19. The highest BCUT2D eigenvalue weighted by molar-refractivity contribution is 6.58. The molecule has 0 unspecified atom stereocenters. The lowest BCUT2D eigenvalue weighted by atomic mass is 9.80. The third-order valence-electron chi connectivity index (χ3n) is 2.84. The van der Waals surface area contributed by atoms with Crippen molar-refractivity contribution in [1.29, 1.82) is 5.26 Å².